The number of fused-ring (bicyclic) bond motifs is 1. The van der Waals surface area contributed by atoms with Crippen molar-refractivity contribution in [3.05, 3.63) is 12.2 Å². The quantitative estimate of drug-likeness (QED) is 0.522. The first-order valence-corrected chi connectivity index (χ1v) is 14.0. The largest absolute Gasteiger partial charge is 0.416 e. The fourth-order valence-electron chi connectivity index (χ4n) is 4.21. The lowest BCUT2D eigenvalue weighted by Gasteiger charge is -2.38. The molecule has 0 radical (unpaired) electrons. The molecule has 0 aromatic carbocycles. The molecule has 6 atom stereocenters. The van der Waals surface area contributed by atoms with Gasteiger partial charge >= 0.3 is 0 Å². The number of aliphatic hydroxyl groups is 1. The Kier molecular flexibility index (Phi) is 7.43. The van der Waals surface area contributed by atoms with Crippen LogP contribution >= 0.6 is 0 Å². The first-order valence-electron chi connectivity index (χ1n) is 11.1. The van der Waals surface area contributed by atoms with E-state index in [9.17, 15) is 5.11 Å². The third kappa shape index (κ3) is 5.27. The van der Waals surface area contributed by atoms with Crippen molar-refractivity contribution in [2.75, 3.05) is 19.8 Å². The molecular weight excluding hydrogens is 372 g/mol. The van der Waals surface area contributed by atoms with Crippen molar-refractivity contribution < 1.29 is 23.7 Å². The molecule has 0 spiro atoms. The minimum absolute atomic E-state index is 0.0654. The Morgan fingerprint density at radius 3 is 2.64 bits per heavy atom. The standard InChI is InChI=1S/C22H40O5Si/c1-22(2,3)28(4,5)25-15-18-17-10-8-9-16(14-23)26-19(17)13-20(18)27-21-11-6-7-12-24-21/h8,10,16-21,23H,6-7,9,11-15H2,1-5H3/t16-,17+,18+,19-,20+,21?/m0/s1. The van der Waals surface area contributed by atoms with E-state index in [1.54, 1.807) is 0 Å². The van der Waals surface area contributed by atoms with E-state index in [4.69, 9.17) is 18.6 Å². The monoisotopic (exact) mass is 412 g/mol. The predicted molar refractivity (Wildman–Crippen MR) is 113 cm³/mol. The Balaban J connectivity index is 1.72. The maximum Gasteiger partial charge on any atom is 0.191 e. The molecule has 3 aliphatic rings. The molecule has 1 saturated carbocycles. The molecular formula is C22H40O5Si. The SMILES string of the molecule is CC(C)(C)[Si](C)(C)OC[C@@H]1[C@H]2C=CC[C@@H](CO)O[C@H]2C[C@H]1OC1CCCCO1. The van der Waals surface area contributed by atoms with Crippen molar-refractivity contribution in [3.63, 3.8) is 0 Å². The number of ether oxygens (including phenoxy) is 3. The van der Waals surface area contributed by atoms with Crippen LogP contribution in [-0.2, 0) is 18.6 Å². The molecule has 2 aliphatic heterocycles. The second-order valence-corrected chi connectivity index (χ2v) is 15.0. The van der Waals surface area contributed by atoms with Gasteiger partial charge in [-0.05, 0) is 43.8 Å². The summed E-state index contributed by atoms with van der Waals surface area (Å²) in [6, 6.07) is 0. The molecule has 1 N–H and O–H groups in total. The van der Waals surface area contributed by atoms with Crippen LogP contribution < -0.4 is 0 Å². The maximum atomic E-state index is 9.60. The molecule has 3 rings (SSSR count). The fourth-order valence-corrected chi connectivity index (χ4v) is 5.26. The van der Waals surface area contributed by atoms with Crippen molar-refractivity contribution in [3.8, 4) is 0 Å². The zero-order valence-corrected chi connectivity index (χ0v) is 19.4. The van der Waals surface area contributed by atoms with Gasteiger partial charge in [-0.15, -0.1) is 0 Å². The number of rotatable bonds is 6. The molecule has 162 valence electrons. The van der Waals surface area contributed by atoms with Crippen molar-refractivity contribution >= 4 is 8.32 Å². The molecule has 6 heteroatoms. The molecule has 0 bridgehead atoms. The number of aliphatic hydroxyl groups excluding tert-OH is 1. The summed E-state index contributed by atoms with van der Waals surface area (Å²) in [4.78, 5) is 0. The van der Waals surface area contributed by atoms with E-state index >= 15 is 0 Å². The summed E-state index contributed by atoms with van der Waals surface area (Å²) in [5, 5.41) is 9.79. The summed E-state index contributed by atoms with van der Waals surface area (Å²) in [7, 11) is -1.84. The van der Waals surface area contributed by atoms with Crippen molar-refractivity contribution in [1.29, 1.82) is 0 Å². The number of hydrogen-bond acceptors (Lipinski definition) is 5. The molecule has 1 unspecified atom stereocenters. The first kappa shape index (κ1) is 22.4. The van der Waals surface area contributed by atoms with Crippen molar-refractivity contribution in [2.45, 2.75) is 95.6 Å². The van der Waals surface area contributed by atoms with Crippen LogP contribution in [0.2, 0.25) is 18.1 Å². The van der Waals surface area contributed by atoms with Crippen molar-refractivity contribution in [1.82, 2.24) is 0 Å². The molecule has 0 aromatic heterocycles. The molecule has 0 amide bonds. The van der Waals surface area contributed by atoms with Gasteiger partial charge in [0.1, 0.15) is 0 Å². The maximum absolute atomic E-state index is 9.60. The van der Waals surface area contributed by atoms with Gasteiger partial charge in [-0.2, -0.15) is 0 Å². The Bertz CT molecular complexity index is 524. The van der Waals surface area contributed by atoms with E-state index in [0.717, 1.165) is 32.3 Å². The zero-order chi connectivity index (χ0) is 20.4. The highest BCUT2D eigenvalue weighted by Crippen LogP contribution is 2.43. The van der Waals surface area contributed by atoms with Crippen LogP contribution in [0.5, 0.6) is 0 Å². The highest BCUT2D eigenvalue weighted by atomic mass is 28.4. The van der Waals surface area contributed by atoms with Crippen LogP contribution in [0.15, 0.2) is 12.2 Å². The second-order valence-electron chi connectivity index (χ2n) is 10.2. The van der Waals surface area contributed by atoms with Gasteiger partial charge in [0.15, 0.2) is 14.6 Å². The summed E-state index contributed by atoms with van der Waals surface area (Å²) < 4.78 is 25.2. The highest BCUT2D eigenvalue weighted by molar-refractivity contribution is 6.74. The first-order chi connectivity index (χ1) is 13.2. The Labute approximate surface area is 171 Å². The normalized spacial score (nSPS) is 36.9. The van der Waals surface area contributed by atoms with Gasteiger partial charge < -0.3 is 23.7 Å². The molecule has 5 nitrogen and oxygen atoms in total. The Hall–Kier alpha value is -0.243. The third-order valence-electron chi connectivity index (χ3n) is 7.10. The summed E-state index contributed by atoms with van der Waals surface area (Å²) in [5.74, 6) is 0.535. The molecule has 28 heavy (non-hydrogen) atoms. The van der Waals surface area contributed by atoms with Crippen LogP contribution in [-0.4, -0.2) is 57.8 Å². The highest BCUT2D eigenvalue weighted by Gasteiger charge is 2.47. The average molecular weight is 413 g/mol. The predicted octanol–water partition coefficient (Wildman–Crippen LogP) is 4.26. The Morgan fingerprint density at radius 2 is 2.00 bits per heavy atom. The smallest absolute Gasteiger partial charge is 0.191 e. The summed E-state index contributed by atoms with van der Waals surface area (Å²) >= 11 is 0. The van der Waals surface area contributed by atoms with E-state index in [-0.39, 0.29) is 48.1 Å². The van der Waals surface area contributed by atoms with Crippen LogP contribution in [0.1, 0.15) is 52.9 Å². The molecule has 1 saturated heterocycles. The zero-order valence-electron chi connectivity index (χ0n) is 18.4. The van der Waals surface area contributed by atoms with E-state index in [0.29, 0.717) is 6.61 Å². The fraction of sp³-hybridized carbons (Fsp3) is 0.909. The lowest BCUT2D eigenvalue weighted by Crippen LogP contribution is -2.44. The van der Waals surface area contributed by atoms with Gasteiger partial charge in [-0.1, -0.05) is 32.9 Å². The van der Waals surface area contributed by atoms with Gasteiger partial charge in [-0.3, -0.25) is 0 Å². The van der Waals surface area contributed by atoms with E-state index in [1.165, 1.54) is 6.42 Å². The van der Waals surface area contributed by atoms with Gasteiger partial charge in [-0.25, -0.2) is 0 Å². The Morgan fingerprint density at radius 1 is 1.21 bits per heavy atom. The van der Waals surface area contributed by atoms with Gasteiger partial charge in [0, 0.05) is 31.5 Å². The van der Waals surface area contributed by atoms with Gasteiger partial charge in [0.2, 0.25) is 0 Å². The molecule has 1 aliphatic carbocycles. The molecule has 0 aromatic rings. The van der Waals surface area contributed by atoms with Crippen LogP contribution in [0, 0.1) is 11.8 Å². The van der Waals surface area contributed by atoms with E-state index in [2.05, 4.69) is 46.0 Å². The third-order valence-corrected chi connectivity index (χ3v) is 11.6. The lowest BCUT2D eigenvalue weighted by molar-refractivity contribution is -0.197. The topological polar surface area (TPSA) is 57.2 Å². The van der Waals surface area contributed by atoms with E-state index in [1.807, 2.05) is 0 Å². The second kappa shape index (κ2) is 9.27. The van der Waals surface area contributed by atoms with Gasteiger partial charge in [0.25, 0.3) is 0 Å². The summed E-state index contributed by atoms with van der Waals surface area (Å²) in [5.41, 5.74) is 0. The minimum atomic E-state index is -1.84. The lowest BCUT2D eigenvalue weighted by atomic mass is 9.94. The summed E-state index contributed by atoms with van der Waals surface area (Å²) in [6.07, 6.45) is 9.27. The minimum Gasteiger partial charge on any atom is -0.416 e. The molecule has 2 heterocycles. The number of hydrogen-bond donors (Lipinski definition) is 1. The van der Waals surface area contributed by atoms with Crippen LogP contribution in [0.4, 0.5) is 0 Å². The van der Waals surface area contributed by atoms with Crippen molar-refractivity contribution in [2.24, 2.45) is 11.8 Å². The molecule has 2 fully saturated rings. The van der Waals surface area contributed by atoms with Gasteiger partial charge in [0.05, 0.1) is 24.9 Å². The van der Waals surface area contributed by atoms with Crippen LogP contribution in [0.3, 0.4) is 0 Å². The van der Waals surface area contributed by atoms with E-state index < -0.39 is 8.32 Å². The van der Waals surface area contributed by atoms with Crippen LogP contribution in [0.25, 0.3) is 0 Å². The summed E-state index contributed by atoms with van der Waals surface area (Å²) in [6.45, 7) is 13.0. The average Bonchev–Trinajstić information content (AvgIpc) is 2.82.